The van der Waals surface area contributed by atoms with E-state index in [0.29, 0.717) is 0 Å². The lowest BCUT2D eigenvalue weighted by atomic mass is 10.1. The van der Waals surface area contributed by atoms with E-state index in [1.54, 1.807) is 0 Å². The number of phenols is 2. The van der Waals surface area contributed by atoms with Crippen molar-refractivity contribution in [1.29, 1.82) is 0 Å². The first-order valence-electron chi connectivity index (χ1n) is 5.70. The van der Waals surface area contributed by atoms with Crippen molar-refractivity contribution in [3.8, 4) is 11.5 Å². The van der Waals surface area contributed by atoms with E-state index >= 15 is 0 Å². The molecule has 0 saturated carbocycles. The van der Waals surface area contributed by atoms with Gasteiger partial charge in [0.1, 0.15) is 11.5 Å². The van der Waals surface area contributed by atoms with Gasteiger partial charge in [-0.25, -0.2) is 0 Å². The molecular formula is C12H16N2O3. The minimum absolute atomic E-state index is 0.0571. The van der Waals surface area contributed by atoms with Crippen molar-refractivity contribution < 1.29 is 15.0 Å². The molecule has 2 rings (SSSR count). The van der Waals surface area contributed by atoms with Gasteiger partial charge in [0.15, 0.2) is 0 Å². The van der Waals surface area contributed by atoms with Crippen molar-refractivity contribution in [1.82, 2.24) is 10.6 Å². The van der Waals surface area contributed by atoms with Gasteiger partial charge >= 0.3 is 0 Å². The number of phenolic OH excluding ortho intramolecular Hbond substituents is 2. The summed E-state index contributed by atoms with van der Waals surface area (Å²) in [6, 6.07) is 4.06. The quantitative estimate of drug-likeness (QED) is 0.605. The van der Waals surface area contributed by atoms with Gasteiger partial charge in [0.25, 0.3) is 5.91 Å². The van der Waals surface area contributed by atoms with Crippen LogP contribution in [0.15, 0.2) is 18.2 Å². The highest BCUT2D eigenvalue weighted by Gasteiger charge is 2.18. The number of aromatic hydroxyl groups is 2. The number of hydrogen-bond acceptors (Lipinski definition) is 4. The third kappa shape index (κ3) is 2.88. The molecule has 0 spiro atoms. The Labute approximate surface area is 99.5 Å². The second-order valence-corrected chi connectivity index (χ2v) is 4.22. The molecule has 1 saturated heterocycles. The summed E-state index contributed by atoms with van der Waals surface area (Å²) < 4.78 is 0. The first-order chi connectivity index (χ1) is 8.16. The number of amides is 1. The number of piperidine rings is 1. The van der Waals surface area contributed by atoms with Crippen LogP contribution in [0.1, 0.15) is 23.2 Å². The van der Waals surface area contributed by atoms with Crippen LogP contribution in [0.2, 0.25) is 0 Å². The average molecular weight is 236 g/mol. The normalized spacial score (nSPS) is 19.9. The van der Waals surface area contributed by atoms with E-state index in [2.05, 4.69) is 10.6 Å². The molecule has 5 heteroatoms. The summed E-state index contributed by atoms with van der Waals surface area (Å²) >= 11 is 0. The van der Waals surface area contributed by atoms with E-state index in [4.69, 9.17) is 5.11 Å². The fourth-order valence-corrected chi connectivity index (χ4v) is 1.95. The molecule has 1 aromatic carbocycles. The van der Waals surface area contributed by atoms with Crippen LogP contribution in [0.4, 0.5) is 0 Å². The molecule has 1 aliphatic rings. The SMILES string of the molecule is O=C(N[C@@H]1CCCNC1)c1ccc(O)cc1O. The van der Waals surface area contributed by atoms with Gasteiger partial charge in [-0.15, -0.1) is 0 Å². The zero-order valence-electron chi connectivity index (χ0n) is 9.44. The highest BCUT2D eigenvalue weighted by Crippen LogP contribution is 2.22. The smallest absolute Gasteiger partial charge is 0.255 e. The number of hydrogen-bond donors (Lipinski definition) is 4. The van der Waals surface area contributed by atoms with E-state index < -0.39 is 0 Å². The Morgan fingerprint density at radius 2 is 2.24 bits per heavy atom. The molecule has 5 nitrogen and oxygen atoms in total. The molecule has 1 atom stereocenters. The summed E-state index contributed by atoms with van der Waals surface area (Å²) in [5, 5.41) is 24.7. The molecule has 0 aliphatic carbocycles. The molecule has 1 heterocycles. The number of carbonyl (C=O) groups excluding carboxylic acids is 1. The maximum absolute atomic E-state index is 11.9. The first kappa shape index (κ1) is 11.7. The second-order valence-electron chi connectivity index (χ2n) is 4.22. The second kappa shape index (κ2) is 5.05. The van der Waals surface area contributed by atoms with Crippen molar-refractivity contribution in [3.63, 3.8) is 0 Å². The number of nitrogens with one attached hydrogen (secondary N) is 2. The molecule has 0 radical (unpaired) electrons. The molecule has 1 aromatic rings. The highest BCUT2D eigenvalue weighted by molar-refractivity contribution is 5.97. The predicted molar refractivity (Wildman–Crippen MR) is 63.1 cm³/mol. The number of benzene rings is 1. The van der Waals surface area contributed by atoms with Crippen LogP contribution in [-0.4, -0.2) is 35.3 Å². The third-order valence-corrected chi connectivity index (χ3v) is 2.86. The van der Waals surface area contributed by atoms with E-state index in [9.17, 15) is 9.90 Å². The fraction of sp³-hybridized carbons (Fsp3) is 0.417. The molecule has 17 heavy (non-hydrogen) atoms. The largest absolute Gasteiger partial charge is 0.508 e. The van der Waals surface area contributed by atoms with Crippen LogP contribution >= 0.6 is 0 Å². The lowest BCUT2D eigenvalue weighted by Gasteiger charge is -2.23. The minimum Gasteiger partial charge on any atom is -0.508 e. The Morgan fingerprint density at radius 3 is 2.88 bits per heavy atom. The summed E-state index contributed by atoms with van der Waals surface area (Å²) in [7, 11) is 0. The topological polar surface area (TPSA) is 81.6 Å². The van der Waals surface area contributed by atoms with Gasteiger partial charge in [-0.05, 0) is 31.5 Å². The van der Waals surface area contributed by atoms with Gasteiger partial charge in [0.05, 0.1) is 5.56 Å². The minimum atomic E-state index is -0.309. The van der Waals surface area contributed by atoms with Gasteiger partial charge in [-0.1, -0.05) is 0 Å². The Hall–Kier alpha value is -1.75. The summed E-state index contributed by atoms with van der Waals surface area (Å²) in [4.78, 5) is 11.9. The zero-order chi connectivity index (χ0) is 12.3. The van der Waals surface area contributed by atoms with Crippen LogP contribution in [0.5, 0.6) is 11.5 Å². The molecule has 0 unspecified atom stereocenters. The molecule has 1 fully saturated rings. The Bertz CT molecular complexity index is 414. The van der Waals surface area contributed by atoms with Gasteiger partial charge in [-0.3, -0.25) is 4.79 Å². The van der Waals surface area contributed by atoms with Gasteiger partial charge in [0, 0.05) is 18.7 Å². The van der Waals surface area contributed by atoms with Gasteiger partial charge in [-0.2, -0.15) is 0 Å². The molecule has 1 amide bonds. The Balaban J connectivity index is 2.03. The number of carbonyl (C=O) groups is 1. The maximum atomic E-state index is 11.9. The summed E-state index contributed by atoms with van der Waals surface area (Å²) in [5.41, 5.74) is 0.188. The summed E-state index contributed by atoms with van der Waals surface area (Å²) in [6.45, 7) is 1.74. The van der Waals surface area contributed by atoms with Crippen LogP contribution in [-0.2, 0) is 0 Å². The van der Waals surface area contributed by atoms with Crippen molar-refractivity contribution in [2.75, 3.05) is 13.1 Å². The fourth-order valence-electron chi connectivity index (χ4n) is 1.95. The maximum Gasteiger partial charge on any atom is 0.255 e. The molecule has 0 aromatic heterocycles. The van der Waals surface area contributed by atoms with Gasteiger partial charge in [0.2, 0.25) is 0 Å². The van der Waals surface area contributed by atoms with E-state index in [1.807, 2.05) is 0 Å². The summed E-state index contributed by atoms with van der Waals surface area (Å²) in [5.74, 6) is -0.569. The van der Waals surface area contributed by atoms with Crippen LogP contribution in [0.25, 0.3) is 0 Å². The zero-order valence-corrected chi connectivity index (χ0v) is 9.44. The van der Waals surface area contributed by atoms with E-state index in [0.717, 1.165) is 32.0 Å². The van der Waals surface area contributed by atoms with E-state index in [1.165, 1.54) is 12.1 Å². The average Bonchev–Trinajstić information content (AvgIpc) is 2.30. The molecule has 4 N–H and O–H groups in total. The standard InChI is InChI=1S/C12H16N2O3/c15-9-3-4-10(11(16)6-9)12(17)14-8-2-1-5-13-7-8/h3-4,6,8,13,15-16H,1-2,5,7H2,(H,14,17)/t8-/m1/s1. The highest BCUT2D eigenvalue weighted by atomic mass is 16.3. The van der Waals surface area contributed by atoms with Crippen molar-refractivity contribution >= 4 is 5.91 Å². The van der Waals surface area contributed by atoms with Crippen molar-refractivity contribution in [2.24, 2.45) is 0 Å². The third-order valence-electron chi connectivity index (χ3n) is 2.86. The predicted octanol–water partition coefficient (Wildman–Crippen LogP) is 0.580. The Morgan fingerprint density at radius 1 is 1.41 bits per heavy atom. The van der Waals surface area contributed by atoms with Crippen molar-refractivity contribution in [2.45, 2.75) is 18.9 Å². The van der Waals surface area contributed by atoms with Crippen LogP contribution in [0.3, 0.4) is 0 Å². The molecular weight excluding hydrogens is 220 g/mol. The number of rotatable bonds is 2. The Kier molecular flexibility index (Phi) is 3.49. The molecule has 0 bridgehead atoms. The lowest BCUT2D eigenvalue weighted by Crippen LogP contribution is -2.45. The lowest BCUT2D eigenvalue weighted by molar-refractivity contribution is 0.0928. The molecule has 1 aliphatic heterocycles. The van der Waals surface area contributed by atoms with Crippen LogP contribution < -0.4 is 10.6 Å². The van der Waals surface area contributed by atoms with Crippen LogP contribution in [0, 0.1) is 0 Å². The van der Waals surface area contributed by atoms with Gasteiger partial charge < -0.3 is 20.8 Å². The van der Waals surface area contributed by atoms with E-state index in [-0.39, 0.29) is 29.0 Å². The summed E-state index contributed by atoms with van der Waals surface area (Å²) in [6.07, 6.45) is 1.98. The first-order valence-corrected chi connectivity index (χ1v) is 5.70. The molecule has 92 valence electrons. The van der Waals surface area contributed by atoms with Crippen molar-refractivity contribution in [3.05, 3.63) is 23.8 Å². The monoisotopic (exact) mass is 236 g/mol.